The first-order valence-corrected chi connectivity index (χ1v) is 13.4. The van der Waals surface area contributed by atoms with E-state index in [1.54, 1.807) is 24.3 Å². The van der Waals surface area contributed by atoms with Crippen LogP contribution in [-0.4, -0.2) is 65.9 Å². The molecule has 9 nitrogen and oxygen atoms in total. The van der Waals surface area contributed by atoms with Crippen LogP contribution in [0.1, 0.15) is 62.5 Å². The topological polar surface area (TPSA) is 110 Å². The summed E-state index contributed by atoms with van der Waals surface area (Å²) in [6, 6.07) is 16.1. The lowest BCUT2D eigenvalue weighted by atomic mass is 9.91. The quantitative estimate of drug-likeness (QED) is 0.277. The zero-order valence-corrected chi connectivity index (χ0v) is 23.0. The number of ether oxygens (including phenoxy) is 3. The Hall–Kier alpha value is -3.85. The van der Waals surface area contributed by atoms with E-state index in [9.17, 15) is 14.4 Å². The molecule has 4 rings (SSSR count). The minimum absolute atomic E-state index is 0.168. The van der Waals surface area contributed by atoms with Gasteiger partial charge in [-0.05, 0) is 63.9 Å². The van der Waals surface area contributed by atoms with E-state index in [4.69, 9.17) is 14.2 Å². The van der Waals surface area contributed by atoms with Crippen LogP contribution in [0.3, 0.4) is 0 Å². The molecular formula is C30H37N3O6. The molecule has 9 heteroatoms. The van der Waals surface area contributed by atoms with E-state index >= 15 is 0 Å². The van der Waals surface area contributed by atoms with E-state index in [0.717, 1.165) is 16.5 Å². The average molecular weight is 536 g/mol. The maximum Gasteiger partial charge on any atom is 0.410 e. The number of hydrogen-bond acceptors (Lipinski definition) is 6. The summed E-state index contributed by atoms with van der Waals surface area (Å²) in [4.78, 5) is 43.7. The number of likely N-dealkylation sites (tertiary alicyclic amines) is 1. The predicted octanol–water partition coefficient (Wildman–Crippen LogP) is 5.48. The summed E-state index contributed by atoms with van der Waals surface area (Å²) in [7, 11) is 0. The Labute approximate surface area is 228 Å². The van der Waals surface area contributed by atoms with Crippen molar-refractivity contribution >= 4 is 34.6 Å². The highest BCUT2D eigenvalue weighted by molar-refractivity contribution is 6.00. The summed E-state index contributed by atoms with van der Waals surface area (Å²) in [5.41, 5.74) is 1.96. The molecule has 0 bridgehead atoms. The van der Waals surface area contributed by atoms with Gasteiger partial charge in [0.25, 0.3) is 0 Å². The maximum absolute atomic E-state index is 13.7. The van der Waals surface area contributed by atoms with E-state index < -0.39 is 23.7 Å². The number of rotatable bonds is 9. The number of anilines is 1. The van der Waals surface area contributed by atoms with Crippen molar-refractivity contribution in [3.05, 3.63) is 65.9 Å². The Morgan fingerprint density at radius 1 is 1.05 bits per heavy atom. The van der Waals surface area contributed by atoms with Crippen molar-refractivity contribution in [3.8, 4) is 0 Å². The second kappa shape index (κ2) is 12.3. The molecule has 0 radical (unpaired) electrons. The molecule has 2 heterocycles. The maximum atomic E-state index is 13.7. The predicted molar refractivity (Wildman–Crippen MR) is 149 cm³/mol. The van der Waals surface area contributed by atoms with Crippen molar-refractivity contribution in [2.75, 3.05) is 31.7 Å². The van der Waals surface area contributed by atoms with E-state index in [0.29, 0.717) is 44.0 Å². The first-order valence-electron chi connectivity index (χ1n) is 13.4. The number of benzene rings is 2. The highest BCUT2D eigenvalue weighted by Crippen LogP contribution is 2.35. The summed E-state index contributed by atoms with van der Waals surface area (Å²) in [5, 5.41) is 3.74. The van der Waals surface area contributed by atoms with Gasteiger partial charge in [-0.3, -0.25) is 9.69 Å². The molecular weight excluding hydrogens is 498 g/mol. The molecule has 2 atom stereocenters. The number of H-pyrrole nitrogens is 1. The van der Waals surface area contributed by atoms with E-state index in [1.165, 1.54) is 4.90 Å². The molecule has 1 aliphatic heterocycles. The number of fused-ring (bicyclic) bond motifs is 1. The summed E-state index contributed by atoms with van der Waals surface area (Å²) >= 11 is 0. The van der Waals surface area contributed by atoms with Gasteiger partial charge in [-0.15, -0.1) is 0 Å². The van der Waals surface area contributed by atoms with Crippen molar-refractivity contribution in [1.29, 1.82) is 0 Å². The normalized spacial score (nSPS) is 17.3. The number of aromatic nitrogens is 1. The van der Waals surface area contributed by atoms with Gasteiger partial charge >= 0.3 is 12.1 Å². The third-order valence-corrected chi connectivity index (χ3v) is 6.50. The highest BCUT2D eigenvalue weighted by atomic mass is 16.6. The molecule has 208 valence electrons. The zero-order chi connectivity index (χ0) is 28.0. The Morgan fingerprint density at radius 2 is 1.82 bits per heavy atom. The molecule has 39 heavy (non-hydrogen) atoms. The standard InChI is InChI=1S/C30H37N3O6/c1-5-37-16-9-17-38-28(35)25-19-21-18-22(12-13-24(21)32-25)31-27(34)26-23(20-10-7-6-8-11-20)14-15-33(26)29(36)39-30(2,3)4/h6-8,10-13,18-19,23,26,32H,5,9,14-17H2,1-4H3,(H,31,34)/t23-,26+/m0/s1. The van der Waals surface area contributed by atoms with E-state index in [1.807, 2.05) is 58.0 Å². The molecule has 2 N–H and O–H groups in total. The van der Waals surface area contributed by atoms with Crippen molar-refractivity contribution in [2.24, 2.45) is 0 Å². The van der Waals surface area contributed by atoms with Gasteiger partial charge < -0.3 is 24.5 Å². The van der Waals surface area contributed by atoms with Crippen molar-refractivity contribution in [3.63, 3.8) is 0 Å². The Balaban J connectivity index is 1.50. The smallest absolute Gasteiger partial charge is 0.410 e. The molecule has 0 spiro atoms. The molecule has 0 unspecified atom stereocenters. The van der Waals surface area contributed by atoms with Crippen LogP contribution in [-0.2, 0) is 19.0 Å². The Kier molecular flexibility index (Phi) is 8.91. The number of nitrogens with one attached hydrogen (secondary N) is 2. The Bertz CT molecular complexity index is 1300. The van der Waals surface area contributed by atoms with Crippen LogP contribution in [0.5, 0.6) is 0 Å². The minimum Gasteiger partial charge on any atom is -0.461 e. The SMILES string of the molecule is CCOCCCOC(=O)c1cc2cc(NC(=O)[C@H]3[C@H](c4ccccc4)CCN3C(=O)OC(C)(C)C)ccc2[nH]1. The average Bonchev–Trinajstić information content (AvgIpc) is 3.53. The fourth-order valence-corrected chi connectivity index (χ4v) is 4.78. The molecule has 1 fully saturated rings. The summed E-state index contributed by atoms with van der Waals surface area (Å²) in [6.07, 6.45) is 0.766. The molecule has 0 saturated carbocycles. The van der Waals surface area contributed by atoms with Gasteiger partial charge in [0.1, 0.15) is 17.3 Å². The Morgan fingerprint density at radius 3 is 2.54 bits per heavy atom. The fraction of sp³-hybridized carbons (Fsp3) is 0.433. The highest BCUT2D eigenvalue weighted by Gasteiger charge is 2.44. The number of esters is 1. The van der Waals surface area contributed by atoms with Crippen LogP contribution < -0.4 is 5.32 Å². The first kappa shape index (κ1) is 28.2. The van der Waals surface area contributed by atoms with Gasteiger partial charge in [0, 0.05) is 48.7 Å². The summed E-state index contributed by atoms with van der Waals surface area (Å²) < 4.78 is 16.2. The number of nitrogens with zero attached hydrogens (tertiary/aromatic N) is 1. The van der Waals surface area contributed by atoms with E-state index in [-0.39, 0.29) is 18.4 Å². The molecule has 0 aliphatic carbocycles. The molecule has 2 amide bonds. The van der Waals surface area contributed by atoms with Gasteiger partial charge in [0.15, 0.2) is 0 Å². The number of aromatic amines is 1. The second-order valence-electron chi connectivity index (χ2n) is 10.6. The molecule has 1 saturated heterocycles. The molecule has 1 aliphatic rings. The van der Waals surface area contributed by atoms with Gasteiger partial charge in [0.05, 0.1) is 6.61 Å². The van der Waals surface area contributed by atoms with Crippen LogP contribution in [0.2, 0.25) is 0 Å². The first-order chi connectivity index (χ1) is 18.7. The van der Waals surface area contributed by atoms with Crippen molar-refractivity contribution in [2.45, 2.75) is 58.1 Å². The zero-order valence-electron chi connectivity index (χ0n) is 23.0. The third-order valence-electron chi connectivity index (χ3n) is 6.50. The van der Waals surface area contributed by atoms with Crippen molar-refractivity contribution < 1.29 is 28.6 Å². The largest absolute Gasteiger partial charge is 0.461 e. The van der Waals surface area contributed by atoms with Gasteiger partial charge in [-0.1, -0.05) is 30.3 Å². The van der Waals surface area contributed by atoms with Crippen LogP contribution in [0.25, 0.3) is 10.9 Å². The molecule has 3 aromatic rings. The number of amides is 2. The lowest BCUT2D eigenvalue weighted by Gasteiger charge is -2.30. The number of hydrogen-bond donors (Lipinski definition) is 2. The summed E-state index contributed by atoms with van der Waals surface area (Å²) in [5.74, 6) is -0.909. The van der Waals surface area contributed by atoms with Crippen LogP contribution >= 0.6 is 0 Å². The van der Waals surface area contributed by atoms with Crippen LogP contribution in [0, 0.1) is 0 Å². The van der Waals surface area contributed by atoms with Gasteiger partial charge in [0.2, 0.25) is 5.91 Å². The second-order valence-corrected chi connectivity index (χ2v) is 10.6. The molecule has 2 aromatic carbocycles. The number of carbonyl (C=O) groups excluding carboxylic acids is 3. The molecule has 1 aromatic heterocycles. The summed E-state index contributed by atoms with van der Waals surface area (Å²) in [6.45, 7) is 9.19. The number of carbonyl (C=O) groups is 3. The monoisotopic (exact) mass is 535 g/mol. The lowest BCUT2D eigenvalue weighted by Crippen LogP contribution is -2.47. The van der Waals surface area contributed by atoms with Crippen LogP contribution in [0.15, 0.2) is 54.6 Å². The van der Waals surface area contributed by atoms with Gasteiger partial charge in [-0.25, -0.2) is 9.59 Å². The minimum atomic E-state index is -0.730. The van der Waals surface area contributed by atoms with Crippen LogP contribution in [0.4, 0.5) is 10.5 Å². The lowest BCUT2D eigenvalue weighted by molar-refractivity contribution is -0.120. The fourth-order valence-electron chi connectivity index (χ4n) is 4.78. The third kappa shape index (κ3) is 7.17. The van der Waals surface area contributed by atoms with Gasteiger partial charge in [-0.2, -0.15) is 0 Å². The van der Waals surface area contributed by atoms with Crippen molar-refractivity contribution in [1.82, 2.24) is 9.88 Å². The van der Waals surface area contributed by atoms with E-state index in [2.05, 4.69) is 10.3 Å².